The van der Waals surface area contributed by atoms with Crippen molar-refractivity contribution in [2.45, 2.75) is 0 Å². The van der Waals surface area contributed by atoms with Gasteiger partial charge in [-0.05, 0) is 37.9 Å². The Morgan fingerprint density at radius 1 is 1.19 bits per heavy atom. The summed E-state index contributed by atoms with van der Waals surface area (Å²) in [6, 6.07) is 9.55. The van der Waals surface area contributed by atoms with Gasteiger partial charge in [0.25, 0.3) is 5.91 Å². The van der Waals surface area contributed by atoms with E-state index in [4.69, 9.17) is 13.9 Å². The first-order valence-electron chi connectivity index (χ1n) is 12.1. The zero-order valence-corrected chi connectivity index (χ0v) is 21.0. The number of fused-ring (bicyclic) bond motifs is 1. The predicted molar refractivity (Wildman–Crippen MR) is 139 cm³/mol. The maximum absolute atomic E-state index is 12.8. The molecule has 0 saturated carbocycles. The smallest absolute Gasteiger partial charge is 0.344 e. The highest BCUT2D eigenvalue weighted by molar-refractivity contribution is 6.01. The van der Waals surface area contributed by atoms with E-state index >= 15 is 0 Å². The number of amides is 1. The van der Waals surface area contributed by atoms with Crippen molar-refractivity contribution in [3.05, 3.63) is 57.9 Å². The van der Waals surface area contributed by atoms with Gasteiger partial charge in [0.2, 0.25) is 0 Å². The number of benzene rings is 2. The number of phenols is 1. The zero-order valence-electron chi connectivity index (χ0n) is 21.0. The second-order valence-electron chi connectivity index (χ2n) is 9.05. The number of aromatic hydroxyl groups is 1. The normalized spacial score (nSPS) is 14.1. The van der Waals surface area contributed by atoms with E-state index < -0.39 is 5.63 Å². The van der Waals surface area contributed by atoms with Crippen LogP contribution in [0, 0.1) is 0 Å². The first kappa shape index (κ1) is 26.3. The van der Waals surface area contributed by atoms with Crippen LogP contribution < -0.4 is 15.7 Å². The van der Waals surface area contributed by atoms with E-state index in [0.29, 0.717) is 61.5 Å². The fourth-order valence-corrected chi connectivity index (χ4v) is 4.08. The van der Waals surface area contributed by atoms with Gasteiger partial charge in [0.15, 0.2) is 11.9 Å². The number of nitrogens with one attached hydrogen (secondary N) is 1. The quantitative estimate of drug-likeness (QED) is 0.312. The number of hydrogen-bond acceptors (Lipinski definition) is 9. The molecular formula is C27H31N3O7. The summed E-state index contributed by atoms with van der Waals surface area (Å²) in [6.45, 7) is 5.35. The van der Waals surface area contributed by atoms with Crippen LogP contribution >= 0.6 is 0 Å². The molecule has 3 aromatic rings. The third-order valence-corrected chi connectivity index (χ3v) is 6.19. The van der Waals surface area contributed by atoms with Gasteiger partial charge < -0.3 is 29.2 Å². The summed E-state index contributed by atoms with van der Waals surface area (Å²) >= 11 is 0. The van der Waals surface area contributed by atoms with Crippen LogP contribution in [0.25, 0.3) is 22.1 Å². The van der Waals surface area contributed by atoms with Crippen LogP contribution in [0.3, 0.4) is 0 Å². The van der Waals surface area contributed by atoms with Crippen molar-refractivity contribution >= 4 is 23.2 Å². The summed E-state index contributed by atoms with van der Waals surface area (Å²) in [6.07, 6.45) is 0.441. The summed E-state index contributed by atoms with van der Waals surface area (Å²) in [5, 5.41) is 13.6. The molecule has 4 rings (SSSR count). The second-order valence-corrected chi connectivity index (χ2v) is 9.05. The van der Waals surface area contributed by atoms with E-state index in [0.717, 1.165) is 19.6 Å². The van der Waals surface area contributed by atoms with Crippen molar-refractivity contribution in [1.29, 1.82) is 0 Å². The standard InChI is InChI=1S/C27H31N3O7/c1-29(2)9-14-36-24-16-23(32)22(17-31)25-21(24)15-20(27(34)37-25)18-3-5-19(6-4-18)26(33)28-7-8-30-10-12-35-13-11-30/h3-6,15-17,32H,7-14H2,1-2H3,(H,28,33). The molecule has 1 saturated heterocycles. The summed E-state index contributed by atoms with van der Waals surface area (Å²) in [4.78, 5) is 41.1. The van der Waals surface area contributed by atoms with Crippen molar-refractivity contribution < 1.29 is 28.6 Å². The zero-order chi connectivity index (χ0) is 26.4. The van der Waals surface area contributed by atoms with Crippen LogP contribution in [0.4, 0.5) is 0 Å². The third-order valence-electron chi connectivity index (χ3n) is 6.19. The summed E-state index contributed by atoms with van der Waals surface area (Å²) in [5.74, 6) is -0.239. The molecule has 2 heterocycles. The van der Waals surface area contributed by atoms with Crippen LogP contribution in [0.1, 0.15) is 20.7 Å². The average molecular weight is 510 g/mol. The minimum absolute atomic E-state index is 0.0418. The predicted octanol–water partition coefficient (Wildman–Crippen LogP) is 1.98. The van der Waals surface area contributed by atoms with Crippen LogP contribution in [0.15, 0.2) is 45.6 Å². The molecule has 0 bridgehead atoms. The minimum Gasteiger partial charge on any atom is -0.507 e. The van der Waals surface area contributed by atoms with E-state index in [9.17, 15) is 19.5 Å². The SMILES string of the molecule is CN(C)CCOc1cc(O)c(C=O)c2oc(=O)c(-c3ccc(C(=O)NCCN4CCOCC4)cc3)cc12. The molecule has 1 amide bonds. The lowest BCUT2D eigenvalue weighted by molar-refractivity contribution is 0.0383. The van der Waals surface area contributed by atoms with E-state index in [1.807, 2.05) is 19.0 Å². The Bertz CT molecular complexity index is 1310. The van der Waals surface area contributed by atoms with Crippen LogP contribution in [-0.2, 0) is 4.74 Å². The molecule has 1 aromatic heterocycles. The van der Waals surface area contributed by atoms with Crippen molar-refractivity contribution in [3.63, 3.8) is 0 Å². The average Bonchev–Trinajstić information content (AvgIpc) is 2.89. The maximum Gasteiger partial charge on any atom is 0.344 e. The Morgan fingerprint density at radius 3 is 2.59 bits per heavy atom. The molecule has 0 unspecified atom stereocenters. The molecule has 0 spiro atoms. The van der Waals surface area contributed by atoms with Gasteiger partial charge in [0.05, 0.1) is 29.7 Å². The molecule has 1 fully saturated rings. The molecule has 2 aromatic carbocycles. The van der Waals surface area contributed by atoms with Gasteiger partial charge in [-0.1, -0.05) is 12.1 Å². The highest BCUT2D eigenvalue weighted by atomic mass is 16.5. The largest absolute Gasteiger partial charge is 0.507 e. The van der Waals surface area contributed by atoms with Crippen LogP contribution in [0.2, 0.25) is 0 Å². The number of likely N-dealkylation sites (N-methyl/N-ethyl adjacent to an activating group) is 1. The fraction of sp³-hybridized carbons (Fsp3) is 0.370. The number of phenolic OH excluding ortho intramolecular Hbond substituents is 1. The first-order chi connectivity index (χ1) is 17.9. The van der Waals surface area contributed by atoms with Gasteiger partial charge in [0.1, 0.15) is 18.1 Å². The molecule has 0 radical (unpaired) electrons. The molecular weight excluding hydrogens is 478 g/mol. The van der Waals surface area contributed by atoms with Gasteiger partial charge >= 0.3 is 5.63 Å². The number of ether oxygens (including phenoxy) is 2. The van der Waals surface area contributed by atoms with Crippen LogP contribution in [0.5, 0.6) is 11.5 Å². The molecule has 196 valence electrons. The molecule has 10 nitrogen and oxygen atoms in total. The molecule has 2 N–H and O–H groups in total. The van der Waals surface area contributed by atoms with Gasteiger partial charge in [-0.15, -0.1) is 0 Å². The van der Waals surface area contributed by atoms with Gasteiger partial charge in [-0.3, -0.25) is 14.5 Å². The molecule has 0 aliphatic carbocycles. The molecule has 10 heteroatoms. The Morgan fingerprint density at radius 2 is 1.92 bits per heavy atom. The molecule has 1 aliphatic rings. The number of carbonyl (C=O) groups excluding carboxylic acids is 2. The Balaban J connectivity index is 1.55. The fourth-order valence-electron chi connectivity index (χ4n) is 4.08. The van der Waals surface area contributed by atoms with Gasteiger partial charge in [0, 0.05) is 44.4 Å². The lowest BCUT2D eigenvalue weighted by Gasteiger charge is -2.26. The van der Waals surface area contributed by atoms with Crippen molar-refractivity contribution in [2.75, 3.05) is 66.6 Å². The topological polar surface area (TPSA) is 122 Å². The molecule has 0 atom stereocenters. The number of rotatable bonds is 10. The van der Waals surface area contributed by atoms with E-state index in [1.54, 1.807) is 30.3 Å². The van der Waals surface area contributed by atoms with Crippen molar-refractivity contribution in [3.8, 4) is 22.6 Å². The third kappa shape index (κ3) is 6.34. The Kier molecular flexibility index (Phi) is 8.54. The molecule has 1 aliphatic heterocycles. The monoisotopic (exact) mass is 509 g/mol. The van der Waals surface area contributed by atoms with E-state index in [-0.39, 0.29) is 28.4 Å². The van der Waals surface area contributed by atoms with E-state index in [1.165, 1.54) is 6.07 Å². The summed E-state index contributed by atoms with van der Waals surface area (Å²) < 4.78 is 16.6. The lowest BCUT2D eigenvalue weighted by atomic mass is 10.0. The lowest BCUT2D eigenvalue weighted by Crippen LogP contribution is -2.41. The number of aldehydes is 1. The van der Waals surface area contributed by atoms with Crippen molar-refractivity contribution in [2.24, 2.45) is 0 Å². The number of morpholine rings is 1. The number of carbonyl (C=O) groups is 2. The number of nitrogens with zero attached hydrogens (tertiary/aromatic N) is 2. The molecule has 37 heavy (non-hydrogen) atoms. The number of hydrogen-bond donors (Lipinski definition) is 2. The summed E-state index contributed by atoms with van der Waals surface area (Å²) in [5.41, 5.74) is 0.412. The minimum atomic E-state index is -0.678. The summed E-state index contributed by atoms with van der Waals surface area (Å²) in [7, 11) is 3.80. The Labute approximate surface area is 214 Å². The first-order valence-corrected chi connectivity index (χ1v) is 12.1. The maximum atomic E-state index is 12.8. The second kappa shape index (κ2) is 12.0. The van der Waals surface area contributed by atoms with E-state index in [2.05, 4.69) is 10.2 Å². The van der Waals surface area contributed by atoms with Crippen molar-refractivity contribution in [1.82, 2.24) is 15.1 Å². The highest BCUT2D eigenvalue weighted by Crippen LogP contribution is 2.35. The van der Waals surface area contributed by atoms with Crippen LogP contribution in [-0.4, -0.2) is 93.7 Å². The highest BCUT2D eigenvalue weighted by Gasteiger charge is 2.19. The van der Waals surface area contributed by atoms with Gasteiger partial charge in [-0.25, -0.2) is 4.79 Å². The Hall–Kier alpha value is -3.73. The van der Waals surface area contributed by atoms with Gasteiger partial charge in [-0.2, -0.15) is 0 Å².